The normalized spacial score (nSPS) is 14.5. The number of methoxy groups -OCH3 is 1. The molecule has 0 spiro atoms. The second-order valence-electron chi connectivity index (χ2n) is 9.86. The number of nitrogens with one attached hydrogen (secondary N) is 1. The van der Waals surface area contributed by atoms with Gasteiger partial charge in [-0.2, -0.15) is 0 Å². The van der Waals surface area contributed by atoms with Crippen molar-refractivity contribution in [2.45, 2.75) is 25.7 Å². The summed E-state index contributed by atoms with van der Waals surface area (Å²) >= 11 is 0. The summed E-state index contributed by atoms with van der Waals surface area (Å²) in [5.74, 6) is 2.16. The second-order valence-corrected chi connectivity index (χ2v) is 9.86. The first-order valence-corrected chi connectivity index (χ1v) is 13.3. The van der Waals surface area contributed by atoms with Gasteiger partial charge in [0.1, 0.15) is 30.5 Å². The molecule has 0 amide bonds. The molecule has 0 bridgehead atoms. The van der Waals surface area contributed by atoms with Gasteiger partial charge in [-0.15, -0.1) is 0 Å². The number of hydrogen-bond donors (Lipinski definition) is 2. The lowest BCUT2D eigenvalue weighted by atomic mass is 9.93. The van der Waals surface area contributed by atoms with Crippen LogP contribution in [0.4, 0.5) is 5.69 Å². The molecule has 202 valence electrons. The van der Waals surface area contributed by atoms with Crippen LogP contribution < -0.4 is 19.5 Å². The van der Waals surface area contributed by atoms with Crippen molar-refractivity contribution in [1.82, 2.24) is 4.98 Å². The Morgan fingerprint density at radius 1 is 0.925 bits per heavy atom. The van der Waals surface area contributed by atoms with Gasteiger partial charge in [-0.3, -0.25) is 10.1 Å². The van der Waals surface area contributed by atoms with E-state index in [1.807, 2.05) is 30.3 Å². The Morgan fingerprint density at radius 3 is 2.48 bits per heavy atom. The molecule has 40 heavy (non-hydrogen) atoms. The van der Waals surface area contributed by atoms with Gasteiger partial charge in [0.2, 0.25) is 0 Å². The SMILES string of the molecule is COc1ccc(C2[NH2+]CCc3c2[nH]c2ccc(OCc4ccccc4)cc32)cc1COc1ccc([N+](=O)[O-])cc1. The van der Waals surface area contributed by atoms with Crippen LogP contribution in [0.1, 0.15) is 34.0 Å². The molecule has 0 saturated carbocycles. The topological polar surface area (TPSA) is 103 Å². The molecule has 6 rings (SSSR count). The number of quaternary nitrogens is 1. The number of nitro groups is 1. The number of nitro benzene ring substituents is 1. The van der Waals surface area contributed by atoms with Crippen molar-refractivity contribution in [3.63, 3.8) is 0 Å². The average Bonchev–Trinajstić information content (AvgIpc) is 3.38. The van der Waals surface area contributed by atoms with Crippen LogP contribution in [0.5, 0.6) is 17.2 Å². The summed E-state index contributed by atoms with van der Waals surface area (Å²) in [6.45, 7) is 1.79. The summed E-state index contributed by atoms with van der Waals surface area (Å²) in [5, 5.41) is 14.5. The standard InChI is InChI=1S/C32H29N3O5/c1-38-30-14-7-22(17-23(30)20-40-25-10-8-24(9-11-25)35(36)37)31-32-27(15-16-33-31)28-18-26(12-13-29(28)34-32)39-19-21-5-3-2-4-6-21/h2-14,17-18,31,33-34H,15-16,19-20H2,1H3/p+1. The van der Waals surface area contributed by atoms with Crippen LogP contribution in [0.3, 0.4) is 0 Å². The van der Waals surface area contributed by atoms with Gasteiger partial charge in [-0.05, 0) is 59.7 Å². The predicted octanol–water partition coefficient (Wildman–Crippen LogP) is 5.45. The zero-order valence-corrected chi connectivity index (χ0v) is 22.1. The summed E-state index contributed by atoms with van der Waals surface area (Å²) in [4.78, 5) is 14.2. The molecule has 1 atom stereocenters. The fraction of sp³-hybridized carbons (Fsp3) is 0.188. The van der Waals surface area contributed by atoms with E-state index in [2.05, 4.69) is 46.7 Å². The van der Waals surface area contributed by atoms with Crippen molar-refractivity contribution in [2.24, 2.45) is 0 Å². The van der Waals surface area contributed by atoms with Crippen molar-refractivity contribution in [3.8, 4) is 17.2 Å². The lowest BCUT2D eigenvalue weighted by molar-refractivity contribution is -0.690. The van der Waals surface area contributed by atoms with Crippen LogP contribution in [0.2, 0.25) is 0 Å². The number of non-ortho nitro benzene ring substituents is 1. The van der Waals surface area contributed by atoms with E-state index < -0.39 is 4.92 Å². The molecule has 2 heterocycles. The van der Waals surface area contributed by atoms with Gasteiger partial charge in [0.25, 0.3) is 5.69 Å². The highest BCUT2D eigenvalue weighted by molar-refractivity contribution is 5.86. The number of rotatable bonds is 9. The van der Waals surface area contributed by atoms with Crippen LogP contribution in [-0.4, -0.2) is 23.6 Å². The zero-order chi connectivity index (χ0) is 27.5. The Hall–Kier alpha value is -4.82. The van der Waals surface area contributed by atoms with E-state index in [-0.39, 0.29) is 18.3 Å². The Labute approximate surface area is 231 Å². The fourth-order valence-corrected chi connectivity index (χ4v) is 5.36. The number of aromatic nitrogens is 1. The highest BCUT2D eigenvalue weighted by atomic mass is 16.6. The maximum atomic E-state index is 10.9. The van der Waals surface area contributed by atoms with Gasteiger partial charge in [-0.1, -0.05) is 30.3 Å². The van der Waals surface area contributed by atoms with E-state index in [1.54, 1.807) is 19.2 Å². The van der Waals surface area contributed by atoms with E-state index >= 15 is 0 Å². The molecule has 8 nitrogen and oxygen atoms in total. The van der Waals surface area contributed by atoms with Crippen LogP contribution in [-0.2, 0) is 19.6 Å². The molecule has 0 aliphatic carbocycles. The molecule has 3 N–H and O–H groups in total. The monoisotopic (exact) mass is 536 g/mol. The van der Waals surface area contributed by atoms with Crippen LogP contribution in [0.15, 0.2) is 91.0 Å². The van der Waals surface area contributed by atoms with Gasteiger partial charge in [0.15, 0.2) is 6.04 Å². The predicted molar refractivity (Wildman–Crippen MR) is 152 cm³/mol. The van der Waals surface area contributed by atoms with Crippen molar-refractivity contribution >= 4 is 16.6 Å². The second kappa shape index (κ2) is 11.1. The van der Waals surface area contributed by atoms with Crippen molar-refractivity contribution in [2.75, 3.05) is 13.7 Å². The maximum absolute atomic E-state index is 10.9. The lowest BCUT2D eigenvalue weighted by Gasteiger charge is -2.22. The lowest BCUT2D eigenvalue weighted by Crippen LogP contribution is -2.87. The van der Waals surface area contributed by atoms with E-state index in [4.69, 9.17) is 14.2 Å². The molecule has 0 radical (unpaired) electrons. The Bertz CT molecular complexity index is 1650. The number of benzene rings is 4. The highest BCUT2D eigenvalue weighted by Gasteiger charge is 2.29. The first kappa shape index (κ1) is 25.5. The minimum atomic E-state index is -0.423. The molecular formula is C32H30N3O5+. The molecule has 0 saturated heterocycles. The molecule has 1 aliphatic rings. The smallest absolute Gasteiger partial charge is 0.269 e. The van der Waals surface area contributed by atoms with E-state index in [9.17, 15) is 10.1 Å². The van der Waals surface area contributed by atoms with Gasteiger partial charge >= 0.3 is 0 Å². The van der Waals surface area contributed by atoms with Crippen molar-refractivity contribution in [1.29, 1.82) is 0 Å². The third kappa shape index (κ3) is 5.21. The zero-order valence-electron chi connectivity index (χ0n) is 22.1. The number of hydrogen-bond acceptors (Lipinski definition) is 5. The number of H-pyrrole nitrogens is 1. The third-order valence-corrected chi connectivity index (χ3v) is 7.37. The molecule has 0 fully saturated rings. The van der Waals surface area contributed by atoms with Gasteiger partial charge in [-0.25, -0.2) is 0 Å². The number of nitrogens with two attached hydrogens (primary N) is 1. The van der Waals surface area contributed by atoms with Crippen molar-refractivity contribution < 1.29 is 24.5 Å². The Kier molecular flexibility index (Phi) is 7.08. The maximum Gasteiger partial charge on any atom is 0.269 e. The Balaban J connectivity index is 1.24. The minimum Gasteiger partial charge on any atom is -0.496 e. The molecule has 4 aromatic carbocycles. The van der Waals surface area contributed by atoms with E-state index in [0.717, 1.165) is 46.7 Å². The Morgan fingerprint density at radius 2 is 1.70 bits per heavy atom. The summed E-state index contributed by atoms with van der Waals surface area (Å²) in [5.41, 5.74) is 6.86. The molecule has 1 unspecified atom stereocenters. The first-order valence-electron chi connectivity index (χ1n) is 13.3. The first-order chi connectivity index (χ1) is 19.6. The molecule has 5 aromatic rings. The minimum absolute atomic E-state index is 0.0313. The highest BCUT2D eigenvalue weighted by Crippen LogP contribution is 2.34. The van der Waals surface area contributed by atoms with Crippen LogP contribution >= 0.6 is 0 Å². The molecule has 1 aromatic heterocycles. The molecule has 1 aliphatic heterocycles. The summed E-state index contributed by atoms with van der Waals surface area (Å²) in [6.07, 6.45) is 0.972. The van der Waals surface area contributed by atoms with Gasteiger partial charge in [0.05, 0.1) is 24.3 Å². The van der Waals surface area contributed by atoms with E-state index in [0.29, 0.717) is 12.4 Å². The van der Waals surface area contributed by atoms with Crippen molar-refractivity contribution in [3.05, 3.63) is 129 Å². The third-order valence-electron chi connectivity index (χ3n) is 7.37. The number of fused-ring (bicyclic) bond motifs is 3. The fourth-order valence-electron chi connectivity index (χ4n) is 5.36. The molecular weight excluding hydrogens is 506 g/mol. The summed E-state index contributed by atoms with van der Waals surface area (Å²) < 4.78 is 17.7. The van der Waals surface area contributed by atoms with Gasteiger partial charge < -0.3 is 24.5 Å². The summed E-state index contributed by atoms with van der Waals surface area (Å²) in [7, 11) is 1.64. The molecule has 8 heteroatoms. The van der Waals surface area contributed by atoms with Crippen LogP contribution in [0, 0.1) is 10.1 Å². The quantitative estimate of drug-likeness (QED) is 0.193. The summed E-state index contributed by atoms with van der Waals surface area (Å²) in [6, 6.07) is 28.9. The average molecular weight is 537 g/mol. The number of ether oxygens (including phenoxy) is 3. The van der Waals surface area contributed by atoms with Gasteiger partial charge in [0, 0.05) is 40.6 Å². The largest absolute Gasteiger partial charge is 0.496 e. The van der Waals surface area contributed by atoms with Crippen LogP contribution in [0.25, 0.3) is 10.9 Å². The number of nitrogens with zero attached hydrogens (tertiary/aromatic N) is 1. The number of aromatic amines is 1. The van der Waals surface area contributed by atoms with E-state index in [1.165, 1.54) is 28.8 Å².